The molecule has 2 aromatic heterocycles. The summed E-state index contributed by atoms with van der Waals surface area (Å²) < 4.78 is 7.57. The summed E-state index contributed by atoms with van der Waals surface area (Å²) >= 11 is 0. The van der Waals surface area contributed by atoms with Gasteiger partial charge in [0.2, 0.25) is 17.1 Å². The molecule has 0 bridgehead atoms. The Balaban J connectivity index is 0.940. The zero-order valence-corrected chi connectivity index (χ0v) is 44.8. The lowest BCUT2D eigenvalue weighted by Gasteiger charge is -2.27. The van der Waals surface area contributed by atoms with Crippen LogP contribution in [-0.2, 0) is 23.9 Å². The number of rotatable bonds is 10. The van der Waals surface area contributed by atoms with Crippen molar-refractivity contribution in [3.63, 3.8) is 0 Å². The molecule has 8 aromatic carbocycles. The van der Waals surface area contributed by atoms with Gasteiger partial charge in [-0.05, 0) is 86.4 Å². The summed E-state index contributed by atoms with van der Waals surface area (Å²) in [6.07, 6.45) is 11.8. The number of para-hydroxylation sites is 6. The van der Waals surface area contributed by atoms with Crippen molar-refractivity contribution in [3.8, 4) is 0 Å². The Morgan fingerprint density at radius 1 is 0.395 bits per heavy atom. The van der Waals surface area contributed by atoms with Crippen LogP contribution in [0.2, 0.25) is 0 Å². The summed E-state index contributed by atoms with van der Waals surface area (Å²) in [4.78, 5) is 5.24. The molecule has 5 heteroatoms. The fourth-order valence-electron chi connectivity index (χ4n) is 13.2. The molecule has 0 saturated heterocycles. The first-order chi connectivity index (χ1) is 37.1. The minimum atomic E-state index is -0.219. The molecule has 5 nitrogen and oxygen atoms in total. The van der Waals surface area contributed by atoms with E-state index in [-0.39, 0.29) is 10.8 Å². The Morgan fingerprint density at radius 3 is 1.11 bits per heavy atom. The summed E-state index contributed by atoms with van der Waals surface area (Å²) in [5.41, 5.74) is 21.5. The predicted molar refractivity (Wildman–Crippen MR) is 323 cm³/mol. The Bertz CT molecular complexity index is 3710. The monoisotopic (exact) mass is 989 g/mol. The van der Waals surface area contributed by atoms with Crippen LogP contribution in [0, 0.1) is 13.8 Å². The molecule has 10 aromatic rings. The Labute approximate surface area is 448 Å². The molecule has 374 valence electrons. The summed E-state index contributed by atoms with van der Waals surface area (Å²) in [5, 5.41) is 5.24. The van der Waals surface area contributed by atoms with Crippen LogP contribution in [0.15, 0.2) is 241 Å². The van der Waals surface area contributed by atoms with E-state index in [1.54, 1.807) is 0 Å². The highest BCUT2D eigenvalue weighted by Gasteiger charge is 2.42. The average Bonchev–Trinajstić information content (AvgIpc) is 4.26. The molecule has 2 aliphatic heterocycles. The number of aromatic nitrogens is 2. The van der Waals surface area contributed by atoms with Crippen LogP contribution in [0.25, 0.3) is 43.6 Å². The van der Waals surface area contributed by atoms with Crippen LogP contribution in [0.4, 0.5) is 22.7 Å². The van der Waals surface area contributed by atoms with Crippen LogP contribution in [0.5, 0.6) is 0 Å². The lowest BCUT2D eigenvalue weighted by Crippen LogP contribution is -2.29. The Morgan fingerprint density at radius 2 is 0.737 bits per heavy atom. The zero-order chi connectivity index (χ0) is 51.7. The summed E-state index contributed by atoms with van der Waals surface area (Å²) in [6.45, 7) is 17.5. The molecule has 1 aliphatic carbocycles. The van der Waals surface area contributed by atoms with Gasteiger partial charge in [-0.15, -0.1) is 0 Å². The molecule has 4 heterocycles. The maximum Gasteiger partial charge on any atom is 0.218 e. The molecule has 0 spiro atoms. The molecule has 1 fully saturated rings. The predicted octanol–water partition coefficient (Wildman–Crippen LogP) is 17.2. The highest BCUT2D eigenvalue weighted by molar-refractivity contribution is 6.17. The summed E-state index contributed by atoms with van der Waals surface area (Å²) in [5.74, 6) is 0. The van der Waals surface area contributed by atoms with Gasteiger partial charge >= 0.3 is 0 Å². The molecule has 0 radical (unpaired) electrons. The number of aryl methyl sites for hydroxylation is 2. The lowest BCUT2D eigenvalue weighted by atomic mass is 9.83. The summed E-state index contributed by atoms with van der Waals surface area (Å²) in [6, 6.07) is 71.6. The normalized spacial score (nSPS) is 17.9. The lowest BCUT2D eigenvalue weighted by molar-refractivity contribution is 0.619. The standard InChI is InChI=1S/C71H66N5/c1-49-33-39-65-59(47-49)70(3,4)67(74(65)45-43-72-61-29-17-13-25-55(61)56-26-14-18-30-62(56)72)41-37-51-35-36-52(69(51)76(53-21-9-7-10-22-53)54-23-11-8-12-24-54)38-42-68-71(5,6)60-48-50(2)34-40-66(60)75(68)46-44-73-63-31-19-15-27-57(63)58-28-16-20-32-64(58)73/h7-34,37-42,47-48H,35-36,43-46H2,1-6H3/q+1. The van der Waals surface area contributed by atoms with E-state index in [0.717, 1.165) is 50.4 Å². The maximum atomic E-state index is 2.62. The van der Waals surface area contributed by atoms with Gasteiger partial charge in [0.25, 0.3) is 0 Å². The first-order valence-electron chi connectivity index (χ1n) is 27.4. The van der Waals surface area contributed by atoms with Crippen molar-refractivity contribution in [1.82, 2.24) is 13.7 Å². The Kier molecular flexibility index (Phi) is 11.7. The quantitative estimate of drug-likeness (QED) is 0.127. The van der Waals surface area contributed by atoms with Gasteiger partial charge in [-0.2, -0.15) is 4.58 Å². The van der Waals surface area contributed by atoms with Crippen molar-refractivity contribution in [3.05, 3.63) is 263 Å². The second kappa shape index (κ2) is 18.8. The number of benzene rings is 8. The first-order valence-corrected chi connectivity index (χ1v) is 27.4. The molecule has 0 unspecified atom stereocenters. The van der Waals surface area contributed by atoms with Gasteiger partial charge in [0.05, 0.1) is 0 Å². The van der Waals surface area contributed by atoms with Crippen LogP contribution in [-0.4, -0.2) is 27.9 Å². The average molecular weight is 989 g/mol. The minimum Gasteiger partial charge on any atom is -0.342 e. The van der Waals surface area contributed by atoms with E-state index in [1.807, 2.05) is 0 Å². The van der Waals surface area contributed by atoms with E-state index >= 15 is 0 Å². The highest BCUT2D eigenvalue weighted by atomic mass is 15.2. The molecular formula is C71H66N5+. The van der Waals surface area contributed by atoms with Gasteiger partial charge < -0.3 is 18.9 Å². The van der Waals surface area contributed by atoms with E-state index < -0.39 is 0 Å². The smallest absolute Gasteiger partial charge is 0.218 e. The molecule has 3 aliphatic rings. The minimum absolute atomic E-state index is 0.219. The van der Waals surface area contributed by atoms with Crippen LogP contribution >= 0.6 is 0 Å². The second-order valence-electron chi connectivity index (χ2n) is 22.3. The van der Waals surface area contributed by atoms with Gasteiger partial charge in [0.1, 0.15) is 0 Å². The third kappa shape index (κ3) is 7.86. The van der Waals surface area contributed by atoms with Crippen molar-refractivity contribution in [1.29, 1.82) is 0 Å². The third-order valence-corrected chi connectivity index (χ3v) is 17.0. The van der Waals surface area contributed by atoms with Crippen molar-refractivity contribution in [2.75, 3.05) is 22.9 Å². The highest BCUT2D eigenvalue weighted by Crippen LogP contribution is 2.50. The van der Waals surface area contributed by atoms with Crippen LogP contribution < -0.4 is 14.4 Å². The van der Waals surface area contributed by atoms with Gasteiger partial charge in [0, 0.05) is 139 Å². The van der Waals surface area contributed by atoms with Gasteiger partial charge in [0.15, 0.2) is 0 Å². The zero-order valence-electron chi connectivity index (χ0n) is 44.8. The van der Waals surface area contributed by atoms with Crippen LogP contribution in [0.1, 0.15) is 62.8 Å². The number of anilines is 2. The van der Waals surface area contributed by atoms with Gasteiger partial charge in [-0.3, -0.25) is 0 Å². The molecule has 0 atom stereocenters. The third-order valence-electron chi connectivity index (χ3n) is 17.0. The number of fused-ring (bicyclic) bond motifs is 8. The van der Waals surface area contributed by atoms with E-state index in [4.69, 9.17) is 0 Å². The van der Waals surface area contributed by atoms with E-state index in [9.17, 15) is 0 Å². The number of nitrogens with zero attached hydrogens (tertiary/aromatic N) is 5. The fraction of sp³-hybridized carbons (Fsp3) is 0.197. The van der Waals surface area contributed by atoms with E-state index in [2.05, 4.69) is 283 Å². The largest absolute Gasteiger partial charge is 0.342 e. The topological polar surface area (TPSA) is 19.4 Å². The number of hydrogen-bond acceptors (Lipinski definition) is 2. The molecule has 13 rings (SSSR count). The molecule has 76 heavy (non-hydrogen) atoms. The first kappa shape index (κ1) is 47.3. The Hall–Kier alpha value is -8.41. The van der Waals surface area contributed by atoms with E-state index in [1.165, 1.54) is 105 Å². The van der Waals surface area contributed by atoms with Gasteiger partial charge in [-0.1, -0.05) is 184 Å². The van der Waals surface area contributed by atoms with Crippen molar-refractivity contribution in [2.45, 2.75) is 78.3 Å². The van der Waals surface area contributed by atoms with Crippen molar-refractivity contribution >= 4 is 72.1 Å². The SMILES string of the molecule is Cc1ccc2c(c1)C(C)(C)C(=CC=C1CC/C(=C\C=C3\N(CCn4c5ccccc5c5ccccc54)c4ccc(C)cc4C3(C)C)C1=[N+](c1ccccc1)c1ccccc1)N2CCn1c2ccccc2c2ccccc21. The van der Waals surface area contributed by atoms with Crippen molar-refractivity contribution < 1.29 is 0 Å². The van der Waals surface area contributed by atoms with Crippen LogP contribution in [0.3, 0.4) is 0 Å². The molecule has 1 saturated carbocycles. The fourth-order valence-corrected chi connectivity index (χ4v) is 13.2. The van der Waals surface area contributed by atoms with Crippen molar-refractivity contribution in [2.24, 2.45) is 0 Å². The number of allylic oxidation sites excluding steroid dienone is 8. The van der Waals surface area contributed by atoms with E-state index in [0.29, 0.717) is 0 Å². The second-order valence-corrected chi connectivity index (χ2v) is 22.3. The molecular weight excluding hydrogens is 923 g/mol. The maximum absolute atomic E-state index is 2.62. The molecule has 0 N–H and O–H groups in total. The van der Waals surface area contributed by atoms with Gasteiger partial charge in [-0.25, -0.2) is 0 Å². The number of hydrogen-bond donors (Lipinski definition) is 0. The summed E-state index contributed by atoms with van der Waals surface area (Å²) in [7, 11) is 0. The molecule has 0 amide bonds.